The molecule has 0 aliphatic carbocycles. The Kier molecular flexibility index (Phi) is 5.71. The Labute approximate surface area is 124 Å². The summed E-state index contributed by atoms with van der Waals surface area (Å²) in [5.74, 6) is 1.42. The van der Waals surface area contributed by atoms with E-state index in [1.54, 1.807) is 7.11 Å². The van der Waals surface area contributed by atoms with Gasteiger partial charge in [0.05, 0.1) is 6.61 Å². The van der Waals surface area contributed by atoms with E-state index in [0.717, 1.165) is 30.0 Å². The highest BCUT2D eigenvalue weighted by Crippen LogP contribution is 2.25. The number of hydrogen-bond acceptors (Lipinski definition) is 6. The van der Waals surface area contributed by atoms with Crippen LogP contribution >= 0.6 is 0 Å². The Morgan fingerprint density at radius 2 is 2.00 bits per heavy atom. The summed E-state index contributed by atoms with van der Waals surface area (Å²) in [5.41, 5.74) is 3.43. The molecule has 114 valence electrons. The molecule has 1 N–H and O–H groups in total. The number of hydrogen-bond donors (Lipinski definition) is 1. The number of benzene rings is 1. The van der Waals surface area contributed by atoms with Crippen molar-refractivity contribution >= 4 is 0 Å². The molecule has 0 unspecified atom stereocenters. The fourth-order valence-corrected chi connectivity index (χ4v) is 2.17. The molecule has 1 heterocycles. The minimum Gasteiger partial charge on any atom is -0.485 e. The molecule has 0 amide bonds. The van der Waals surface area contributed by atoms with E-state index in [1.165, 1.54) is 12.0 Å². The zero-order valence-electron chi connectivity index (χ0n) is 12.7. The van der Waals surface area contributed by atoms with Gasteiger partial charge in [0.1, 0.15) is 5.75 Å². The molecule has 0 saturated carbocycles. The molecule has 6 heteroatoms. The molecular weight excluding hydrogens is 270 g/mol. The standard InChI is InChI=1S/C15H21N3O3/c1-11-6-13(8-16-4-5-19-3)7-12(2)15(11)20-9-14-17-10-21-18-14/h6-7,10,16H,4-5,8-9H2,1-3H3. The SMILES string of the molecule is COCCNCc1cc(C)c(OCc2ncon2)c(C)c1. The average Bonchev–Trinajstić information content (AvgIpc) is 2.96. The third kappa shape index (κ3) is 4.54. The highest BCUT2D eigenvalue weighted by molar-refractivity contribution is 5.43. The summed E-state index contributed by atoms with van der Waals surface area (Å²) < 4.78 is 15.5. The van der Waals surface area contributed by atoms with Gasteiger partial charge in [-0.25, -0.2) is 0 Å². The van der Waals surface area contributed by atoms with Crippen LogP contribution in [0.25, 0.3) is 0 Å². The fourth-order valence-electron chi connectivity index (χ4n) is 2.17. The molecule has 0 aliphatic heterocycles. The first-order valence-electron chi connectivity index (χ1n) is 6.88. The van der Waals surface area contributed by atoms with Gasteiger partial charge in [-0.2, -0.15) is 4.98 Å². The van der Waals surface area contributed by atoms with E-state index in [-0.39, 0.29) is 0 Å². The second-order valence-electron chi connectivity index (χ2n) is 4.86. The maximum Gasteiger partial charge on any atom is 0.213 e. The molecule has 2 aromatic rings. The number of nitrogens with zero attached hydrogens (tertiary/aromatic N) is 2. The van der Waals surface area contributed by atoms with Gasteiger partial charge >= 0.3 is 0 Å². The summed E-state index contributed by atoms with van der Waals surface area (Å²) >= 11 is 0. The van der Waals surface area contributed by atoms with E-state index in [9.17, 15) is 0 Å². The Hall–Kier alpha value is -1.92. The highest BCUT2D eigenvalue weighted by Gasteiger charge is 2.08. The lowest BCUT2D eigenvalue weighted by molar-refractivity contribution is 0.199. The number of rotatable bonds is 8. The lowest BCUT2D eigenvalue weighted by Crippen LogP contribution is -2.18. The van der Waals surface area contributed by atoms with Crippen LogP contribution in [0.15, 0.2) is 23.0 Å². The van der Waals surface area contributed by atoms with Crippen LogP contribution < -0.4 is 10.1 Å². The highest BCUT2D eigenvalue weighted by atomic mass is 16.5. The zero-order chi connectivity index (χ0) is 15.1. The molecule has 0 bridgehead atoms. The van der Waals surface area contributed by atoms with Gasteiger partial charge in [0.2, 0.25) is 12.2 Å². The number of nitrogens with one attached hydrogen (secondary N) is 1. The summed E-state index contributed by atoms with van der Waals surface area (Å²) in [6.07, 6.45) is 1.30. The van der Waals surface area contributed by atoms with Gasteiger partial charge in [0.25, 0.3) is 0 Å². The minimum absolute atomic E-state index is 0.309. The predicted octanol–water partition coefficient (Wildman–Crippen LogP) is 2.00. The lowest BCUT2D eigenvalue weighted by Gasteiger charge is -2.13. The van der Waals surface area contributed by atoms with Crippen LogP contribution in [0.5, 0.6) is 5.75 Å². The summed E-state index contributed by atoms with van der Waals surface area (Å²) in [6.45, 7) is 6.75. The first-order valence-corrected chi connectivity index (χ1v) is 6.88. The van der Waals surface area contributed by atoms with E-state index in [2.05, 4.69) is 32.1 Å². The van der Waals surface area contributed by atoms with E-state index in [4.69, 9.17) is 9.47 Å². The predicted molar refractivity (Wildman–Crippen MR) is 78.1 cm³/mol. The smallest absolute Gasteiger partial charge is 0.213 e. The van der Waals surface area contributed by atoms with Gasteiger partial charge < -0.3 is 19.3 Å². The van der Waals surface area contributed by atoms with Crippen LogP contribution in [0.4, 0.5) is 0 Å². The monoisotopic (exact) mass is 291 g/mol. The third-order valence-corrected chi connectivity index (χ3v) is 3.08. The first-order chi connectivity index (χ1) is 10.2. The van der Waals surface area contributed by atoms with E-state index in [0.29, 0.717) is 19.0 Å². The Morgan fingerprint density at radius 3 is 2.62 bits per heavy atom. The maximum atomic E-state index is 5.78. The number of ether oxygens (including phenoxy) is 2. The topological polar surface area (TPSA) is 69.4 Å². The van der Waals surface area contributed by atoms with Gasteiger partial charge in [0.15, 0.2) is 6.61 Å². The fraction of sp³-hybridized carbons (Fsp3) is 0.467. The molecule has 6 nitrogen and oxygen atoms in total. The average molecular weight is 291 g/mol. The zero-order valence-corrected chi connectivity index (χ0v) is 12.7. The summed E-state index contributed by atoms with van der Waals surface area (Å²) in [6, 6.07) is 4.25. The Morgan fingerprint density at radius 1 is 1.24 bits per heavy atom. The van der Waals surface area contributed by atoms with Crippen molar-refractivity contribution in [2.24, 2.45) is 0 Å². The molecule has 0 spiro atoms. The molecule has 0 atom stereocenters. The van der Waals surface area contributed by atoms with Crippen LogP contribution in [0, 0.1) is 13.8 Å². The maximum absolute atomic E-state index is 5.78. The van der Waals surface area contributed by atoms with E-state index < -0.39 is 0 Å². The van der Waals surface area contributed by atoms with Gasteiger partial charge in [0, 0.05) is 20.2 Å². The normalized spacial score (nSPS) is 10.8. The summed E-state index contributed by atoms with van der Waals surface area (Å²) in [5, 5.41) is 7.07. The van der Waals surface area contributed by atoms with E-state index >= 15 is 0 Å². The van der Waals surface area contributed by atoms with Gasteiger partial charge in [-0.3, -0.25) is 0 Å². The van der Waals surface area contributed by atoms with Crippen molar-refractivity contribution < 1.29 is 14.0 Å². The van der Waals surface area contributed by atoms with Crippen molar-refractivity contribution in [3.63, 3.8) is 0 Å². The second kappa shape index (κ2) is 7.75. The van der Waals surface area contributed by atoms with Crippen LogP contribution in [0.3, 0.4) is 0 Å². The molecule has 0 aliphatic rings. The molecule has 21 heavy (non-hydrogen) atoms. The molecule has 0 saturated heterocycles. The number of methoxy groups -OCH3 is 1. The van der Waals surface area contributed by atoms with Gasteiger partial charge in [-0.15, -0.1) is 0 Å². The van der Waals surface area contributed by atoms with Crippen molar-refractivity contribution in [2.45, 2.75) is 27.0 Å². The van der Waals surface area contributed by atoms with Crippen molar-refractivity contribution in [1.82, 2.24) is 15.5 Å². The summed E-state index contributed by atoms with van der Waals surface area (Å²) in [7, 11) is 1.70. The van der Waals surface area contributed by atoms with Crippen LogP contribution in [0.1, 0.15) is 22.5 Å². The van der Waals surface area contributed by atoms with Crippen LogP contribution in [-0.4, -0.2) is 30.4 Å². The minimum atomic E-state index is 0.309. The van der Waals surface area contributed by atoms with Crippen molar-refractivity contribution in [1.29, 1.82) is 0 Å². The van der Waals surface area contributed by atoms with Gasteiger partial charge in [-0.1, -0.05) is 17.3 Å². The lowest BCUT2D eigenvalue weighted by atomic mass is 10.1. The molecule has 0 radical (unpaired) electrons. The molecule has 2 rings (SSSR count). The van der Waals surface area contributed by atoms with Crippen LogP contribution in [-0.2, 0) is 17.9 Å². The van der Waals surface area contributed by atoms with Crippen LogP contribution in [0.2, 0.25) is 0 Å². The Bertz CT molecular complexity index is 532. The second-order valence-corrected chi connectivity index (χ2v) is 4.86. The largest absolute Gasteiger partial charge is 0.485 e. The summed E-state index contributed by atoms with van der Waals surface area (Å²) in [4.78, 5) is 3.94. The molecular formula is C15H21N3O3. The van der Waals surface area contributed by atoms with Crippen molar-refractivity contribution in [3.8, 4) is 5.75 Å². The van der Waals surface area contributed by atoms with Crippen molar-refractivity contribution in [3.05, 3.63) is 41.0 Å². The van der Waals surface area contributed by atoms with E-state index in [1.807, 2.05) is 13.8 Å². The molecule has 1 aromatic carbocycles. The quantitative estimate of drug-likeness (QED) is 0.750. The number of aryl methyl sites for hydroxylation is 2. The van der Waals surface area contributed by atoms with Crippen molar-refractivity contribution in [2.75, 3.05) is 20.3 Å². The Balaban J connectivity index is 1.96. The molecule has 0 fully saturated rings. The van der Waals surface area contributed by atoms with Gasteiger partial charge in [-0.05, 0) is 30.5 Å². The third-order valence-electron chi connectivity index (χ3n) is 3.08. The molecule has 1 aromatic heterocycles. The first kappa shape index (κ1) is 15.5. The number of aromatic nitrogens is 2.